The molecule has 0 aliphatic rings. The molecule has 0 aliphatic carbocycles. The molecule has 1 aromatic heterocycles. The first-order valence-electron chi connectivity index (χ1n) is 5.67. The maximum absolute atomic E-state index is 10.0. The summed E-state index contributed by atoms with van der Waals surface area (Å²) in [5.74, 6) is 0.221. The molecule has 1 atom stereocenters. The van der Waals surface area contributed by atoms with E-state index in [2.05, 4.69) is 5.10 Å². The van der Waals surface area contributed by atoms with Crippen molar-refractivity contribution in [3.63, 3.8) is 0 Å². The summed E-state index contributed by atoms with van der Waals surface area (Å²) in [6, 6.07) is 6.93. The van der Waals surface area contributed by atoms with E-state index >= 15 is 0 Å². The SMILES string of the molecule is CCn1cc(C(O)Cc2cccc(O)c2)cn1. The highest BCUT2D eigenvalue weighted by Gasteiger charge is 2.11. The molecule has 2 rings (SSSR count). The van der Waals surface area contributed by atoms with E-state index in [-0.39, 0.29) is 5.75 Å². The molecular formula is C13H16N2O2. The van der Waals surface area contributed by atoms with Crippen LogP contribution in [-0.2, 0) is 13.0 Å². The van der Waals surface area contributed by atoms with Gasteiger partial charge in [-0.05, 0) is 24.6 Å². The Labute approximate surface area is 100 Å². The Morgan fingerprint density at radius 1 is 1.41 bits per heavy atom. The van der Waals surface area contributed by atoms with Gasteiger partial charge in [-0.25, -0.2) is 0 Å². The number of aromatic hydroxyl groups is 1. The van der Waals surface area contributed by atoms with Crippen LogP contribution in [0.15, 0.2) is 36.7 Å². The van der Waals surface area contributed by atoms with Crippen LogP contribution in [0.4, 0.5) is 0 Å². The van der Waals surface area contributed by atoms with Crippen molar-refractivity contribution in [2.75, 3.05) is 0 Å². The summed E-state index contributed by atoms with van der Waals surface area (Å²) in [4.78, 5) is 0. The minimum absolute atomic E-state index is 0.221. The van der Waals surface area contributed by atoms with Crippen LogP contribution in [-0.4, -0.2) is 20.0 Å². The Morgan fingerprint density at radius 2 is 2.24 bits per heavy atom. The Balaban J connectivity index is 2.08. The van der Waals surface area contributed by atoms with Crippen molar-refractivity contribution >= 4 is 0 Å². The Hall–Kier alpha value is -1.81. The second-order valence-electron chi connectivity index (χ2n) is 4.02. The largest absolute Gasteiger partial charge is 0.508 e. The summed E-state index contributed by atoms with van der Waals surface area (Å²) in [5.41, 5.74) is 1.71. The molecular weight excluding hydrogens is 216 g/mol. The third-order valence-electron chi connectivity index (χ3n) is 2.70. The van der Waals surface area contributed by atoms with E-state index in [4.69, 9.17) is 0 Å². The molecule has 4 heteroatoms. The maximum Gasteiger partial charge on any atom is 0.115 e. The van der Waals surface area contributed by atoms with Crippen molar-refractivity contribution in [3.8, 4) is 5.75 Å². The zero-order chi connectivity index (χ0) is 12.3. The molecule has 1 aromatic carbocycles. The topological polar surface area (TPSA) is 58.3 Å². The average Bonchev–Trinajstić information content (AvgIpc) is 2.77. The van der Waals surface area contributed by atoms with Crippen LogP contribution in [0.3, 0.4) is 0 Å². The van der Waals surface area contributed by atoms with Crippen molar-refractivity contribution in [1.29, 1.82) is 0 Å². The van der Waals surface area contributed by atoms with Gasteiger partial charge in [-0.2, -0.15) is 5.10 Å². The highest BCUT2D eigenvalue weighted by molar-refractivity contribution is 5.28. The van der Waals surface area contributed by atoms with E-state index in [1.807, 2.05) is 19.2 Å². The summed E-state index contributed by atoms with van der Waals surface area (Å²) < 4.78 is 1.78. The molecule has 2 N–H and O–H groups in total. The molecule has 0 saturated carbocycles. The number of aliphatic hydroxyl groups is 1. The molecule has 17 heavy (non-hydrogen) atoms. The van der Waals surface area contributed by atoms with Gasteiger partial charge in [-0.3, -0.25) is 4.68 Å². The standard InChI is InChI=1S/C13H16N2O2/c1-2-15-9-11(8-14-15)13(17)7-10-4-3-5-12(16)6-10/h3-6,8-9,13,16-17H,2,7H2,1H3. The van der Waals surface area contributed by atoms with E-state index < -0.39 is 6.10 Å². The van der Waals surface area contributed by atoms with Gasteiger partial charge >= 0.3 is 0 Å². The number of phenols is 1. The smallest absolute Gasteiger partial charge is 0.115 e. The number of hydrogen-bond acceptors (Lipinski definition) is 3. The third kappa shape index (κ3) is 2.85. The van der Waals surface area contributed by atoms with E-state index in [0.717, 1.165) is 17.7 Å². The predicted molar refractivity (Wildman–Crippen MR) is 64.7 cm³/mol. The first kappa shape index (κ1) is 11.7. The van der Waals surface area contributed by atoms with Crippen LogP contribution >= 0.6 is 0 Å². The Bertz CT molecular complexity index is 494. The lowest BCUT2D eigenvalue weighted by Crippen LogP contribution is -2.00. The zero-order valence-corrected chi connectivity index (χ0v) is 9.74. The normalized spacial score (nSPS) is 12.6. The number of phenolic OH excluding ortho intramolecular Hbond substituents is 1. The fraction of sp³-hybridized carbons (Fsp3) is 0.308. The van der Waals surface area contributed by atoms with Crippen LogP contribution in [0.2, 0.25) is 0 Å². The summed E-state index contributed by atoms with van der Waals surface area (Å²) in [7, 11) is 0. The molecule has 0 spiro atoms. The molecule has 0 radical (unpaired) electrons. The summed E-state index contributed by atoms with van der Waals surface area (Å²) >= 11 is 0. The first-order chi connectivity index (χ1) is 8.19. The number of benzene rings is 1. The zero-order valence-electron chi connectivity index (χ0n) is 9.74. The van der Waals surface area contributed by atoms with Crippen LogP contribution in [0.25, 0.3) is 0 Å². The highest BCUT2D eigenvalue weighted by Crippen LogP contribution is 2.20. The van der Waals surface area contributed by atoms with Crippen molar-refractivity contribution in [2.45, 2.75) is 26.0 Å². The molecule has 0 aliphatic heterocycles. The molecule has 0 amide bonds. The van der Waals surface area contributed by atoms with E-state index in [0.29, 0.717) is 6.42 Å². The number of aryl methyl sites for hydroxylation is 1. The maximum atomic E-state index is 10.0. The van der Waals surface area contributed by atoms with E-state index in [9.17, 15) is 10.2 Å². The summed E-state index contributed by atoms with van der Waals surface area (Å²) in [6.07, 6.45) is 3.41. The van der Waals surface area contributed by atoms with Crippen LogP contribution in [0.1, 0.15) is 24.2 Å². The van der Waals surface area contributed by atoms with Gasteiger partial charge in [-0.15, -0.1) is 0 Å². The summed E-state index contributed by atoms with van der Waals surface area (Å²) in [5, 5.41) is 23.5. The minimum Gasteiger partial charge on any atom is -0.508 e. The predicted octanol–water partition coefficient (Wildman–Crippen LogP) is 1.88. The van der Waals surface area contributed by atoms with Gasteiger partial charge in [-0.1, -0.05) is 12.1 Å². The van der Waals surface area contributed by atoms with Crippen molar-refractivity contribution in [2.24, 2.45) is 0 Å². The second kappa shape index (κ2) is 5.01. The van der Waals surface area contributed by atoms with Gasteiger partial charge < -0.3 is 10.2 Å². The highest BCUT2D eigenvalue weighted by atomic mass is 16.3. The number of aromatic nitrogens is 2. The molecule has 0 bridgehead atoms. The lowest BCUT2D eigenvalue weighted by molar-refractivity contribution is 0.178. The number of nitrogens with zero attached hydrogens (tertiary/aromatic N) is 2. The van der Waals surface area contributed by atoms with E-state index in [1.54, 1.807) is 29.1 Å². The van der Waals surface area contributed by atoms with E-state index in [1.165, 1.54) is 0 Å². The van der Waals surface area contributed by atoms with Gasteiger partial charge in [0.25, 0.3) is 0 Å². The molecule has 2 aromatic rings. The van der Waals surface area contributed by atoms with Gasteiger partial charge in [0.05, 0.1) is 12.3 Å². The number of hydrogen-bond donors (Lipinski definition) is 2. The molecule has 0 fully saturated rings. The molecule has 4 nitrogen and oxygen atoms in total. The lowest BCUT2D eigenvalue weighted by Gasteiger charge is -2.08. The minimum atomic E-state index is -0.586. The van der Waals surface area contributed by atoms with Crippen molar-refractivity contribution in [3.05, 3.63) is 47.8 Å². The van der Waals surface area contributed by atoms with Gasteiger partial charge in [0, 0.05) is 24.7 Å². The molecule has 0 saturated heterocycles. The second-order valence-corrected chi connectivity index (χ2v) is 4.02. The third-order valence-corrected chi connectivity index (χ3v) is 2.70. The fourth-order valence-electron chi connectivity index (χ4n) is 1.75. The average molecular weight is 232 g/mol. The lowest BCUT2D eigenvalue weighted by atomic mass is 10.0. The van der Waals surface area contributed by atoms with Gasteiger partial charge in [0.2, 0.25) is 0 Å². The monoisotopic (exact) mass is 232 g/mol. The molecule has 1 unspecified atom stereocenters. The van der Waals surface area contributed by atoms with Crippen LogP contribution in [0, 0.1) is 0 Å². The van der Waals surface area contributed by atoms with Crippen molar-refractivity contribution in [1.82, 2.24) is 9.78 Å². The van der Waals surface area contributed by atoms with Crippen LogP contribution in [0.5, 0.6) is 5.75 Å². The molecule has 1 heterocycles. The Morgan fingerprint density at radius 3 is 2.88 bits per heavy atom. The van der Waals surface area contributed by atoms with Crippen molar-refractivity contribution < 1.29 is 10.2 Å². The number of aliphatic hydroxyl groups excluding tert-OH is 1. The van der Waals surface area contributed by atoms with Gasteiger partial charge in [0.1, 0.15) is 5.75 Å². The number of rotatable bonds is 4. The Kier molecular flexibility index (Phi) is 3.44. The van der Waals surface area contributed by atoms with Gasteiger partial charge in [0.15, 0.2) is 0 Å². The quantitative estimate of drug-likeness (QED) is 0.846. The van der Waals surface area contributed by atoms with Crippen LogP contribution < -0.4 is 0 Å². The fourth-order valence-corrected chi connectivity index (χ4v) is 1.75. The summed E-state index contributed by atoms with van der Waals surface area (Å²) in [6.45, 7) is 2.79. The first-order valence-corrected chi connectivity index (χ1v) is 5.67. The molecule has 90 valence electrons.